The van der Waals surface area contributed by atoms with Crippen LogP contribution in [0.5, 0.6) is 0 Å². The number of rotatable bonds is 6. The molecule has 0 atom stereocenters. The van der Waals surface area contributed by atoms with Crippen molar-refractivity contribution in [3.8, 4) is 0 Å². The fourth-order valence-electron chi connectivity index (χ4n) is 3.19. The number of carbonyl (C=O) groups is 1. The van der Waals surface area contributed by atoms with Gasteiger partial charge in [0.1, 0.15) is 0 Å². The monoisotopic (exact) mass is 406 g/mol. The standard InChI is InChI=1S/C19H22N2O2S3/c1-12(19(22)20-5-8-23-2)9-13-10-14-17(24-13)18-15(25-14)11-16(26-18)21-6-3-4-7-21/h9-11H,3-8H2,1-2H3,(H,20,22)/b12-9+. The van der Waals surface area contributed by atoms with E-state index in [4.69, 9.17) is 4.74 Å². The Kier molecular flexibility index (Phi) is 5.31. The van der Waals surface area contributed by atoms with Crippen molar-refractivity contribution >= 4 is 69.8 Å². The van der Waals surface area contributed by atoms with Crippen LogP contribution in [0.4, 0.5) is 5.00 Å². The van der Waals surface area contributed by atoms with E-state index in [1.807, 2.05) is 35.7 Å². The summed E-state index contributed by atoms with van der Waals surface area (Å²) in [5.74, 6) is -0.0311. The maximum Gasteiger partial charge on any atom is 0.247 e. The summed E-state index contributed by atoms with van der Waals surface area (Å²) in [6.45, 7) is 5.31. The molecule has 4 heterocycles. The molecule has 0 spiro atoms. The lowest BCUT2D eigenvalue weighted by atomic mass is 10.2. The third-order valence-electron chi connectivity index (χ3n) is 4.55. The first-order valence-corrected chi connectivity index (χ1v) is 11.3. The molecule has 3 aromatic heterocycles. The molecule has 0 aromatic carbocycles. The van der Waals surface area contributed by atoms with Gasteiger partial charge in [0.25, 0.3) is 0 Å². The molecule has 1 amide bonds. The summed E-state index contributed by atoms with van der Waals surface area (Å²) >= 11 is 5.56. The van der Waals surface area contributed by atoms with E-state index in [0.717, 1.165) is 10.5 Å². The third-order valence-corrected chi connectivity index (χ3v) is 8.34. The molecule has 0 radical (unpaired) electrons. The van der Waals surface area contributed by atoms with Crippen molar-refractivity contribution in [3.05, 3.63) is 22.6 Å². The van der Waals surface area contributed by atoms with Gasteiger partial charge in [-0.25, -0.2) is 0 Å². The number of hydrogen-bond donors (Lipinski definition) is 1. The van der Waals surface area contributed by atoms with Crippen LogP contribution in [0, 0.1) is 0 Å². The van der Waals surface area contributed by atoms with E-state index < -0.39 is 0 Å². The predicted octanol–water partition coefficient (Wildman–Crippen LogP) is 4.94. The van der Waals surface area contributed by atoms with Crippen molar-refractivity contribution in [2.75, 3.05) is 38.3 Å². The zero-order chi connectivity index (χ0) is 18.1. The van der Waals surface area contributed by atoms with Crippen LogP contribution in [0.2, 0.25) is 0 Å². The number of amides is 1. The molecule has 7 heteroatoms. The first-order chi connectivity index (χ1) is 12.7. The topological polar surface area (TPSA) is 41.6 Å². The van der Waals surface area contributed by atoms with Gasteiger partial charge in [-0.1, -0.05) is 0 Å². The number of fused-ring (bicyclic) bond motifs is 3. The number of anilines is 1. The molecular weight excluding hydrogens is 384 g/mol. The molecular formula is C19H22N2O2S3. The highest BCUT2D eigenvalue weighted by Crippen LogP contribution is 2.46. The Hall–Kier alpha value is -1.41. The lowest BCUT2D eigenvalue weighted by Gasteiger charge is -2.13. The summed E-state index contributed by atoms with van der Waals surface area (Å²) < 4.78 is 10.4. The molecule has 138 valence electrons. The fraction of sp³-hybridized carbons (Fsp3) is 0.421. The van der Waals surface area contributed by atoms with Gasteiger partial charge in [-0.2, -0.15) is 0 Å². The molecule has 0 saturated carbocycles. The number of carbonyl (C=O) groups excluding carboxylic acids is 1. The van der Waals surface area contributed by atoms with Gasteiger partial charge >= 0.3 is 0 Å². The first-order valence-electron chi connectivity index (χ1n) is 8.82. The molecule has 1 N–H and O–H groups in total. The summed E-state index contributed by atoms with van der Waals surface area (Å²) in [4.78, 5) is 15.8. The number of methoxy groups -OCH3 is 1. The fourth-order valence-corrected chi connectivity index (χ4v) is 7.27. The van der Waals surface area contributed by atoms with Gasteiger partial charge in [0.05, 0.1) is 21.0 Å². The molecule has 0 aliphatic carbocycles. The highest BCUT2D eigenvalue weighted by Gasteiger charge is 2.18. The number of hydrogen-bond acceptors (Lipinski definition) is 6. The molecule has 1 aliphatic heterocycles. The van der Waals surface area contributed by atoms with Crippen LogP contribution >= 0.6 is 34.0 Å². The summed E-state index contributed by atoms with van der Waals surface area (Å²) in [5.41, 5.74) is 0.732. The van der Waals surface area contributed by atoms with Gasteiger partial charge < -0.3 is 15.0 Å². The second-order valence-corrected chi connectivity index (χ2v) is 9.69. The average molecular weight is 407 g/mol. The van der Waals surface area contributed by atoms with Crippen LogP contribution in [-0.2, 0) is 9.53 Å². The minimum absolute atomic E-state index is 0.0311. The van der Waals surface area contributed by atoms with Crippen LogP contribution in [0.3, 0.4) is 0 Å². The van der Waals surface area contributed by atoms with Crippen LogP contribution < -0.4 is 10.2 Å². The summed E-state index contributed by atoms with van der Waals surface area (Å²) in [6.07, 6.45) is 4.60. The largest absolute Gasteiger partial charge is 0.383 e. The van der Waals surface area contributed by atoms with Gasteiger partial charge in [0.2, 0.25) is 5.91 Å². The zero-order valence-corrected chi connectivity index (χ0v) is 17.4. The molecule has 4 rings (SSSR count). The van der Waals surface area contributed by atoms with Crippen molar-refractivity contribution in [2.24, 2.45) is 0 Å². The smallest absolute Gasteiger partial charge is 0.247 e. The molecule has 1 aliphatic rings. The Morgan fingerprint density at radius 3 is 2.69 bits per heavy atom. The maximum absolute atomic E-state index is 12.1. The molecule has 0 unspecified atom stereocenters. The molecule has 26 heavy (non-hydrogen) atoms. The highest BCUT2D eigenvalue weighted by atomic mass is 32.1. The Labute approximate surface area is 165 Å². The van der Waals surface area contributed by atoms with Crippen molar-refractivity contribution in [2.45, 2.75) is 19.8 Å². The highest BCUT2D eigenvalue weighted by molar-refractivity contribution is 7.39. The maximum atomic E-state index is 12.1. The molecule has 0 bridgehead atoms. The number of ether oxygens (including phenoxy) is 1. The van der Waals surface area contributed by atoms with Crippen LogP contribution in [0.15, 0.2) is 17.7 Å². The van der Waals surface area contributed by atoms with Crippen LogP contribution in [0.1, 0.15) is 24.6 Å². The minimum atomic E-state index is -0.0311. The zero-order valence-electron chi connectivity index (χ0n) is 15.0. The first kappa shape index (κ1) is 18.0. The Morgan fingerprint density at radius 2 is 1.92 bits per heavy atom. The molecule has 4 nitrogen and oxygen atoms in total. The molecule has 1 fully saturated rings. The van der Waals surface area contributed by atoms with Crippen LogP contribution in [-0.4, -0.2) is 39.3 Å². The number of nitrogens with zero attached hydrogens (tertiary/aromatic N) is 1. The van der Waals surface area contributed by atoms with E-state index in [1.54, 1.807) is 18.4 Å². The van der Waals surface area contributed by atoms with Crippen molar-refractivity contribution in [3.63, 3.8) is 0 Å². The van der Waals surface area contributed by atoms with Gasteiger partial charge in [-0.05, 0) is 38.0 Å². The lowest BCUT2D eigenvalue weighted by Crippen LogP contribution is -2.27. The summed E-state index contributed by atoms with van der Waals surface area (Å²) in [6, 6.07) is 4.56. The Morgan fingerprint density at radius 1 is 1.19 bits per heavy atom. The van der Waals surface area contributed by atoms with Crippen molar-refractivity contribution in [1.82, 2.24) is 5.32 Å². The summed E-state index contributed by atoms with van der Waals surface area (Å²) in [7, 11) is 1.63. The van der Waals surface area contributed by atoms with E-state index in [9.17, 15) is 4.79 Å². The van der Waals surface area contributed by atoms with E-state index >= 15 is 0 Å². The van der Waals surface area contributed by atoms with E-state index in [0.29, 0.717) is 13.2 Å². The van der Waals surface area contributed by atoms with Gasteiger partial charge in [-0.15, -0.1) is 34.0 Å². The third kappa shape index (κ3) is 3.53. The van der Waals surface area contributed by atoms with Crippen molar-refractivity contribution in [1.29, 1.82) is 0 Å². The second-order valence-electron chi connectivity index (χ2n) is 6.49. The van der Waals surface area contributed by atoms with Gasteiger partial charge in [0.15, 0.2) is 0 Å². The lowest BCUT2D eigenvalue weighted by molar-refractivity contribution is -0.117. The van der Waals surface area contributed by atoms with E-state index in [1.165, 1.54) is 49.7 Å². The summed E-state index contributed by atoms with van der Waals surface area (Å²) in [5, 5.41) is 4.27. The predicted molar refractivity (Wildman–Crippen MR) is 115 cm³/mol. The molecule has 1 saturated heterocycles. The number of nitrogens with one attached hydrogen (secondary N) is 1. The van der Waals surface area contributed by atoms with Gasteiger partial charge in [-0.3, -0.25) is 4.79 Å². The minimum Gasteiger partial charge on any atom is -0.383 e. The Balaban J connectivity index is 1.57. The molecule has 3 aromatic rings. The second kappa shape index (κ2) is 7.68. The quantitative estimate of drug-likeness (QED) is 0.465. The van der Waals surface area contributed by atoms with E-state index in [-0.39, 0.29) is 5.91 Å². The Bertz CT molecular complexity index is 960. The van der Waals surface area contributed by atoms with Crippen LogP contribution in [0.25, 0.3) is 24.9 Å². The van der Waals surface area contributed by atoms with E-state index in [2.05, 4.69) is 22.3 Å². The normalized spacial score (nSPS) is 15.5. The van der Waals surface area contributed by atoms with Gasteiger partial charge in [0, 0.05) is 46.6 Å². The SMILES string of the molecule is COCCNC(=O)/C(C)=C/c1cc2sc3cc(N4CCCC4)sc3c2s1. The number of thiophene rings is 3. The van der Waals surface area contributed by atoms with Crippen molar-refractivity contribution < 1.29 is 9.53 Å². The average Bonchev–Trinajstić information content (AvgIpc) is 3.35.